The smallest absolute Gasteiger partial charge is 0.363 e. The molecular weight excluding hydrogens is 542 g/mol. The summed E-state index contributed by atoms with van der Waals surface area (Å²) in [6, 6.07) is 41.2. The molecule has 0 amide bonds. The zero-order valence-corrected chi connectivity index (χ0v) is 23.3. The third-order valence-corrected chi connectivity index (χ3v) is 3.80. The Hall–Kier alpha value is -3.64. The molecule has 0 aliphatic carbocycles. The predicted octanol–water partition coefficient (Wildman–Crippen LogP) is 8.11. The van der Waals surface area contributed by atoms with Gasteiger partial charge in [-0.2, -0.15) is 0 Å². The lowest BCUT2D eigenvalue weighted by Gasteiger charge is -2.03. The summed E-state index contributed by atoms with van der Waals surface area (Å²) in [5.74, 6) is 1.74. The van der Waals surface area contributed by atoms with Gasteiger partial charge in [-0.05, 0) is 55.5 Å². The molecule has 5 aromatic rings. The number of aryl methyl sites for hydroxylation is 1. The van der Waals surface area contributed by atoms with Gasteiger partial charge in [0.15, 0.2) is 0 Å². The number of benzene rings is 3. The Bertz CT molecular complexity index is 1020. The minimum Gasteiger partial charge on any atom is -0.457 e. The van der Waals surface area contributed by atoms with Crippen LogP contribution in [-0.4, -0.2) is 19.8 Å². The Labute approximate surface area is 237 Å². The van der Waals surface area contributed by atoms with Crippen molar-refractivity contribution in [3.63, 3.8) is 0 Å². The highest BCUT2D eigenvalue weighted by molar-refractivity contribution is 7.30. The maximum absolute atomic E-state index is 8.70. The Morgan fingerprint density at radius 3 is 0.974 bits per heavy atom. The molecule has 38 heavy (non-hydrogen) atoms. The van der Waals surface area contributed by atoms with Crippen LogP contribution in [0.3, 0.4) is 0 Å². The van der Waals surface area contributed by atoms with Gasteiger partial charge in [0.1, 0.15) is 11.5 Å². The first-order valence-corrected chi connectivity index (χ1v) is 12.1. The number of rotatable bonds is 2. The van der Waals surface area contributed by atoms with Crippen LogP contribution in [-0.2, 0) is 4.57 Å². The number of ether oxygens (including phenoxy) is 1. The molecule has 0 fully saturated rings. The summed E-state index contributed by atoms with van der Waals surface area (Å²) >= 11 is 0. The fraction of sp³-hybridized carbons (Fsp3) is 0.0345. The number of pyridine rings is 2. The van der Waals surface area contributed by atoms with Gasteiger partial charge in [-0.1, -0.05) is 84.4 Å². The second-order valence-electron chi connectivity index (χ2n) is 6.68. The maximum Gasteiger partial charge on any atom is 0.363 e. The molecule has 0 saturated heterocycles. The molecule has 0 aliphatic heterocycles. The van der Waals surface area contributed by atoms with Crippen LogP contribution < -0.4 is 4.74 Å². The van der Waals surface area contributed by atoms with Crippen molar-refractivity contribution in [2.75, 3.05) is 0 Å². The molecule has 0 bridgehead atoms. The van der Waals surface area contributed by atoms with Gasteiger partial charge in [0.2, 0.25) is 0 Å². The third kappa shape index (κ3) is 24.1. The number of hydrogen-bond acceptors (Lipinski definition) is 4. The van der Waals surface area contributed by atoms with E-state index in [4.69, 9.17) is 19.1 Å². The van der Waals surface area contributed by atoms with Crippen LogP contribution in [0.25, 0.3) is 0 Å². The van der Waals surface area contributed by atoms with Gasteiger partial charge in [-0.3, -0.25) is 19.8 Å². The van der Waals surface area contributed by atoms with E-state index < -0.39 is 8.25 Å². The van der Waals surface area contributed by atoms with Crippen LogP contribution >= 0.6 is 33.1 Å². The lowest BCUT2D eigenvalue weighted by Crippen LogP contribution is -1.81. The first-order chi connectivity index (χ1) is 17.6. The Morgan fingerprint density at radius 1 is 0.526 bits per heavy atom. The molecule has 2 heterocycles. The van der Waals surface area contributed by atoms with Gasteiger partial charge >= 0.3 is 8.25 Å². The van der Waals surface area contributed by atoms with Crippen molar-refractivity contribution in [2.45, 2.75) is 6.92 Å². The largest absolute Gasteiger partial charge is 0.457 e. The molecule has 0 unspecified atom stereocenters. The van der Waals surface area contributed by atoms with Crippen LogP contribution in [0.5, 0.6) is 11.5 Å². The maximum atomic E-state index is 8.70. The molecule has 6 nitrogen and oxygen atoms in total. The second kappa shape index (κ2) is 26.4. The van der Waals surface area contributed by atoms with Gasteiger partial charge in [0, 0.05) is 24.8 Å². The molecule has 0 saturated carbocycles. The number of halogens is 2. The number of aromatic nitrogens is 2. The molecule has 201 valence electrons. The van der Waals surface area contributed by atoms with Crippen LogP contribution in [0.1, 0.15) is 5.56 Å². The summed E-state index contributed by atoms with van der Waals surface area (Å²) in [5.41, 5.74) is 1.32. The fourth-order valence-electron chi connectivity index (χ4n) is 2.27. The normalized spacial score (nSPS) is 8.08. The van der Waals surface area contributed by atoms with Gasteiger partial charge in [-0.15, -0.1) is 24.8 Å². The van der Waals surface area contributed by atoms with Crippen molar-refractivity contribution in [3.05, 3.63) is 158 Å². The van der Waals surface area contributed by atoms with Crippen LogP contribution in [0, 0.1) is 6.92 Å². The Kier molecular flexibility index (Phi) is 25.4. The number of para-hydroxylation sites is 2. The van der Waals surface area contributed by atoms with Crippen molar-refractivity contribution in [3.8, 4) is 11.5 Å². The number of nitrogens with zero attached hydrogens (tertiary/aromatic N) is 2. The molecular formula is C29H32Cl2N2O4P. The summed E-state index contributed by atoms with van der Waals surface area (Å²) in [4.78, 5) is 21.8. The zero-order valence-electron chi connectivity index (χ0n) is 20.8. The van der Waals surface area contributed by atoms with Crippen LogP contribution in [0.15, 0.2) is 152 Å². The number of hydrogen-bond donors (Lipinski definition) is 2. The molecule has 2 N–H and O–H groups in total. The highest BCUT2D eigenvalue weighted by atomic mass is 35.5. The quantitative estimate of drug-likeness (QED) is 0.207. The minimum absolute atomic E-state index is 0. The van der Waals surface area contributed by atoms with E-state index in [1.54, 1.807) is 24.8 Å². The molecule has 2 aromatic heterocycles. The first-order valence-electron chi connectivity index (χ1n) is 10.9. The highest BCUT2D eigenvalue weighted by Crippen LogP contribution is 2.19. The fourth-order valence-corrected chi connectivity index (χ4v) is 2.27. The monoisotopic (exact) mass is 573 g/mol. The van der Waals surface area contributed by atoms with E-state index in [1.165, 1.54) is 5.56 Å². The van der Waals surface area contributed by atoms with Gasteiger partial charge in [0.25, 0.3) is 0 Å². The van der Waals surface area contributed by atoms with E-state index in [-0.39, 0.29) is 24.8 Å². The summed E-state index contributed by atoms with van der Waals surface area (Å²) in [7, 11) is -2.87. The van der Waals surface area contributed by atoms with Crippen LogP contribution in [0.2, 0.25) is 0 Å². The van der Waals surface area contributed by atoms with E-state index >= 15 is 0 Å². The summed E-state index contributed by atoms with van der Waals surface area (Å²) in [5, 5.41) is 0. The zero-order chi connectivity index (χ0) is 26.1. The standard InChI is InChI=1S/C12H10O.C7H8.2C5H5N.2ClH.H2O3P/c1-3-7-11(8-4-1)13-12-9-5-2-6-10-12;1-7-5-3-2-4-6-7;2*1-2-4-6-5-3-1;;;1-4(2)3/h1-10H;2-6H,1H3;2*1-5H;2*1H;(H2,1,2,3). The van der Waals surface area contributed by atoms with Gasteiger partial charge in [0.05, 0.1) is 0 Å². The molecule has 0 atom stereocenters. The van der Waals surface area contributed by atoms with Crippen molar-refractivity contribution < 1.29 is 19.1 Å². The highest BCUT2D eigenvalue weighted by Gasteiger charge is 1.92. The van der Waals surface area contributed by atoms with E-state index in [1.807, 2.05) is 115 Å². The molecule has 5 rings (SSSR count). The predicted molar refractivity (Wildman–Crippen MR) is 159 cm³/mol. The summed E-state index contributed by atoms with van der Waals surface area (Å²) in [6.45, 7) is 2.08. The average molecular weight is 574 g/mol. The lowest BCUT2D eigenvalue weighted by molar-refractivity contribution is 0.405. The van der Waals surface area contributed by atoms with Crippen molar-refractivity contribution >= 4 is 33.1 Å². The molecule has 1 radical (unpaired) electrons. The minimum atomic E-state index is -2.87. The van der Waals surface area contributed by atoms with E-state index in [9.17, 15) is 0 Å². The Morgan fingerprint density at radius 2 is 0.789 bits per heavy atom. The Balaban J connectivity index is 0. The van der Waals surface area contributed by atoms with Gasteiger partial charge in [-0.25, -0.2) is 4.57 Å². The lowest BCUT2D eigenvalue weighted by atomic mass is 10.2. The SMILES string of the molecule is Cc1ccccc1.Cl.Cl.O=[P](O)O.c1ccc(Oc2ccccc2)cc1.c1ccncc1.c1ccncc1. The third-order valence-electron chi connectivity index (χ3n) is 3.80. The van der Waals surface area contributed by atoms with Crippen molar-refractivity contribution in [2.24, 2.45) is 0 Å². The second-order valence-corrected chi connectivity index (χ2v) is 7.19. The average Bonchev–Trinajstić information content (AvgIpc) is 2.93. The van der Waals surface area contributed by atoms with Crippen molar-refractivity contribution in [1.82, 2.24) is 9.97 Å². The van der Waals surface area contributed by atoms with Gasteiger partial charge < -0.3 is 4.74 Å². The summed E-state index contributed by atoms with van der Waals surface area (Å²) in [6.07, 6.45) is 7.00. The first kappa shape index (κ1) is 36.5. The van der Waals surface area contributed by atoms with E-state index in [2.05, 4.69) is 29.0 Å². The van der Waals surface area contributed by atoms with Crippen LogP contribution in [0.4, 0.5) is 0 Å². The molecule has 3 aromatic carbocycles. The molecule has 0 spiro atoms. The summed E-state index contributed by atoms with van der Waals surface area (Å²) < 4.78 is 14.3. The van der Waals surface area contributed by atoms with E-state index in [0.717, 1.165) is 11.5 Å². The topological polar surface area (TPSA) is 92.5 Å². The van der Waals surface area contributed by atoms with E-state index in [0.29, 0.717) is 0 Å². The molecule has 0 aliphatic rings. The van der Waals surface area contributed by atoms with Crippen molar-refractivity contribution in [1.29, 1.82) is 0 Å². The molecule has 9 heteroatoms.